The highest BCUT2D eigenvalue weighted by atomic mass is 16.5. The Hall–Kier alpha value is -4.39. The van der Waals surface area contributed by atoms with E-state index in [2.05, 4.69) is 58.0 Å². The summed E-state index contributed by atoms with van der Waals surface area (Å²) in [6, 6.07) is 22.8. The Bertz CT molecular complexity index is 1510. The highest BCUT2D eigenvalue weighted by Gasteiger charge is 2.23. The summed E-state index contributed by atoms with van der Waals surface area (Å²) < 4.78 is 9.93. The minimum atomic E-state index is 0.215. The van der Waals surface area contributed by atoms with Crippen LogP contribution in [0.1, 0.15) is 11.1 Å². The van der Waals surface area contributed by atoms with Crippen LogP contribution in [-0.4, -0.2) is 30.9 Å². The third kappa shape index (κ3) is 3.42. The van der Waals surface area contributed by atoms with Crippen molar-refractivity contribution in [2.24, 2.45) is 0 Å². The Morgan fingerprint density at radius 3 is 2.50 bits per heavy atom. The van der Waals surface area contributed by atoms with Crippen molar-refractivity contribution in [2.75, 3.05) is 12.3 Å². The molecule has 7 nitrogen and oxygen atoms in total. The van der Waals surface area contributed by atoms with Gasteiger partial charge in [0.25, 0.3) is 0 Å². The van der Waals surface area contributed by atoms with Crippen molar-refractivity contribution < 1.29 is 4.74 Å². The first-order chi connectivity index (χ1) is 16.6. The molecule has 0 aliphatic carbocycles. The van der Waals surface area contributed by atoms with Gasteiger partial charge in [-0.3, -0.25) is 0 Å². The van der Waals surface area contributed by atoms with Gasteiger partial charge in [0.2, 0.25) is 5.95 Å². The lowest BCUT2D eigenvalue weighted by atomic mass is 10.0. The number of aryl methyl sites for hydroxylation is 2. The molecule has 2 aromatic heterocycles. The summed E-state index contributed by atoms with van der Waals surface area (Å²) in [5.41, 5.74) is 13.2. The predicted octanol–water partition coefficient (Wildman–Crippen LogP) is 5.06. The lowest BCUT2D eigenvalue weighted by Gasteiger charge is -2.10. The van der Waals surface area contributed by atoms with Gasteiger partial charge in [-0.05, 0) is 48.7 Å². The number of anilines is 1. The van der Waals surface area contributed by atoms with E-state index in [-0.39, 0.29) is 5.95 Å². The van der Waals surface area contributed by atoms with E-state index in [1.807, 2.05) is 43.5 Å². The second-order valence-corrected chi connectivity index (χ2v) is 8.56. The summed E-state index contributed by atoms with van der Waals surface area (Å²) in [6.45, 7) is 5.38. The molecule has 168 valence electrons. The number of hydrogen-bond acceptors (Lipinski definition) is 5. The van der Waals surface area contributed by atoms with Crippen molar-refractivity contribution in [3.63, 3.8) is 0 Å². The number of ether oxygens (including phenoxy) is 1. The number of hydrogen-bond donors (Lipinski definition) is 1. The SMILES string of the molecule is Cc1ccc(-c2ccc3c(c2)-c2nc(-c4nc(N)nn4-c4ccccc4C)cn2CCO3)cc1. The van der Waals surface area contributed by atoms with Gasteiger partial charge < -0.3 is 15.0 Å². The zero-order valence-corrected chi connectivity index (χ0v) is 19.1. The molecule has 3 heterocycles. The van der Waals surface area contributed by atoms with Crippen LogP contribution >= 0.6 is 0 Å². The molecule has 0 amide bonds. The van der Waals surface area contributed by atoms with Crippen LogP contribution in [0.4, 0.5) is 5.95 Å². The summed E-state index contributed by atoms with van der Waals surface area (Å²) in [4.78, 5) is 9.52. The third-order valence-electron chi connectivity index (χ3n) is 6.17. The molecule has 3 aromatic carbocycles. The molecule has 34 heavy (non-hydrogen) atoms. The molecule has 6 rings (SSSR count). The molecule has 1 aliphatic rings. The monoisotopic (exact) mass is 448 g/mol. The summed E-state index contributed by atoms with van der Waals surface area (Å²) in [5.74, 6) is 2.50. The van der Waals surface area contributed by atoms with E-state index in [1.54, 1.807) is 4.68 Å². The first-order valence-corrected chi connectivity index (χ1v) is 11.3. The van der Waals surface area contributed by atoms with Crippen LogP contribution in [0.3, 0.4) is 0 Å². The van der Waals surface area contributed by atoms with Crippen molar-refractivity contribution in [3.05, 3.63) is 84.1 Å². The second-order valence-electron chi connectivity index (χ2n) is 8.56. The molecule has 1 aliphatic heterocycles. The van der Waals surface area contributed by atoms with Crippen LogP contribution in [-0.2, 0) is 6.54 Å². The van der Waals surface area contributed by atoms with Gasteiger partial charge in [-0.15, -0.1) is 5.10 Å². The van der Waals surface area contributed by atoms with Gasteiger partial charge in [-0.1, -0.05) is 54.1 Å². The quantitative estimate of drug-likeness (QED) is 0.417. The minimum Gasteiger partial charge on any atom is -0.491 e. The molecule has 0 saturated carbocycles. The number of imidazole rings is 1. The average molecular weight is 449 g/mol. The molecule has 5 aromatic rings. The lowest BCUT2D eigenvalue weighted by molar-refractivity contribution is 0.306. The first-order valence-electron chi connectivity index (χ1n) is 11.3. The highest BCUT2D eigenvalue weighted by molar-refractivity contribution is 5.76. The molecule has 0 radical (unpaired) electrons. The fraction of sp³-hybridized carbons (Fsp3) is 0.148. The molecular weight excluding hydrogens is 424 g/mol. The van der Waals surface area contributed by atoms with Gasteiger partial charge in [0.1, 0.15) is 23.9 Å². The summed E-state index contributed by atoms with van der Waals surface area (Å²) in [7, 11) is 0. The Morgan fingerprint density at radius 2 is 1.68 bits per heavy atom. The fourth-order valence-corrected chi connectivity index (χ4v) is 4.38. The van der Waals surface area contributed by atoms with Crippen LogP contribution < -0.4 is 10.5 Å². The van der Waals surface area contributed by atoms with E-state index in [9.17, 15) is 0 Å². The van der Waals surface area contributed by atoms with Crippen LogP contribution in [0, 0.1) is 13.8 Å². The second kappa shape index (κ2) is 7.88. The van der Waals surface area contributed by atoms with E-state index in [1.165, 1.54) is 5.56 Å². The van der Waals surface area contributed by atoms with Crippen LogP contribution in [0.5, 0.6) is 5.75 Å². The van der Waals surface area contributed by atoms with Crippen molar-refractivity contribution in [1.82, 2.24) is 24.3 Å². The summed E-state index contributed by atoms with van der Waals surface area (Å²) in [6.07, 6.45) is 2.00. The number of rotatable bonds is 3. The van der Waals surface area contributed by atoms with Gasteiger partial charge in [0, 0.05) is 6.20 Å². The minimum absolute atomic E-state index is 0.215. The largest absolute Gasteiger partial charge is 0.491 e. The maximum atomic E-state index is 6.04. The van der Waals surface area contributed by atoms with Crippen molar-refractivity contribution >= 4 is 5.95 Å². The molecule has 2 N–H and O–H groups in total. The maximum Gasteiger partial charge on any atom is 0.240 e. The smallest absolute Gasteiger partial charge is 0.240 e. The van der Waals surface area contributed by atoms with Gasteiger partial charge in [-0.25, -0.2) is 9.67 Å². The van der Waals surface area contributed by atoms with Crippen LogP contribution in [0.25, 0.3) is 39.7 Å². The van der Waals surface area contributed by atoms with E-state index in [0.29, 0.717) is 19.0 Å². The van der Waals surface area contributed by atoms with E-state index < -0.39 is 0 Å². The Labute approximate surface area is 197 Å². The number of para-hydroxylation sites is 1. The number of nitrogens with two attached hydrogens (primary N) is 1. The third-order valence-corrected chi connectivity index (χ3v) is 6.17. The summed E-state index contributed by atoms with van der Waals surface area (Å²) >= 11 is 0. The number of fused-ring (bicyclic) bond motifs is 3. The molecular formula is C27H24N6O. The zero-order valence-electron chi connectivity index (χ0n) is 19.1. The molecule has 0 bridgehead atoms. The van der Waals surface area contributed by atoms with E-state index in [0.717, 1.165) is 45.2 Å². The average Bonchev–Trinajstić information content (AvgIpc) is 3.39. The molecule has 7 heteroatoms. The first kappa shape index (κ1) is 20.2. The number of nitrogens with zero attached hydrogens (tertiary/aromatic N) is 5. The highest BCUT2D eigenvalue weighted by Crippen LogP contribution is 2.37. The number of nitrogen functional groups attached to an aromatic ring is 1. The Kier molecular flexibility index (Phi) is 4.69. The fourth-order valence-electron chi connectivity index (χ4n) is 4.38. The molecule has 0 saturated heterocycles. The van der Waals surface area contributed by atoms with Gasteiger partial charge in [0.15, 0.2) is 5.82 Å². The molecule has 0 spiro atoms. The normalized spacial score (nSPS) is 12.5. The van der Waals surface area contributed by atoms with Crippen LogP contribution in [0.2, 0.25) is 0 Å². The zero-order chi connectivity index (χ0) is 23.2. The van der Waals surface area contributed by atoms with Crippen molar-refractivity contribution in [2.45, 2.75) is 20.4 Å². The molecule has 0 unspecified atom stereocenters. The van der Waals surface area contributed by atoms with Gasteiger partial charge >= 0.3 is 0 Å². The topological polar surface area (TPSA) is 83.8 Å². The Morgan fingerprint density at radius 1 is 0.882 bits per heavy atom. The molecule has 0 atom stereocenters. The van der Waals surface area contributed by atoms with Gasteiger partial charge in [-0.2, -0.15) is 4.98 Å². The standard InChI is InChI=1S/C27H24N6O/c1-17-7-9-19(10-8-17)20-11-12-24-21(15-20)25-29-22(16-32(25)13-14-34-24)26-30-27(28)31-33(26)23-6-4-3-5-18(23)2/h3-12,15-16H,13-14H2,1-2H3,(H2,28,31). The maximum absolute atomic E-state index is 6.04. The summed E-state index contributed by atoms with van der Waals surface area (Å²) in [5, 5.41) is 4.46. The van der Waals surface area contributed by atoms with Crippen molar-refractivity contribution in [3.8, 4) is 45.5 Å². The lowest BCUT2D eigenvalue weighted by Crippen LogP contribution is -2.04. The Balaban J connectivity index is 1.48. The predicted molar refractivity (Wildman–Crippen MR) is 133 cm³/mol. The molecule has 0 fully saturated rings. The van der Waals surface area contributed by atoms with E-state index in [4.69, 9.17) is 15.5 Å². The van der Waals surface area contributed by atoms with E-state index >= 15 is 0 Å². The number of benzene rings is 3. The van der Waals surface area contributed by atoms with Gasteiger partial charge in [0.05, 0.1) is 17.8 Å². The van der Waals surface area contributed by atoms with Crippen molar-refractivity contribution in [1.29, 1.82) is 0 Å². The number of aromatic nitrogens is 5. The van der Waals surface area contributed by atoms with Crippen LogP contribution in [0.15, 0.2) is 72.9 Å².